The van der Waals surface area contributed by atoms with Crippen molar-refractivity contribution in [3.05, 3.63) is 268 Å². The summed E-state index contributed by atoms with van der Waals surface area (Å²) in [4.78, 5) is 0. The summed E-state index contributed by atoms with van der Waals surface area (Å²) in [5, 5.41) is 22.8. The molecule has 96 heavy (non-hydrogen) atoms. The minimum absolute atomic E-state index is 0. The lowest BCUT2D eigenvalue weighted by molar-refractivity contribution is 0.0198. The topological polar surface area (TPSA) is 60.7 Å². The van der Waals surface area contributed by atoms with Crippen molar-refractivity contribution in [1.82, 2.24) is 0 Å². The van der Waals surface area contributed by atoms with E-state index in [1.165, 1.54) is 155 Å². The summed E-state index contributed by atoms with van der Waals surface area (Å²) in [5.74, 6) is 5.04. The van der Waals surface area contributed by atoms with Crippen LogP contribution in [0.4, 0.5) is 0 Å². The lowest BCUT2D eigenvalue weighted by Crippen LogP contribution is -2.38. The van der Waals surface area contributed by atoms with Crippen LogP contribution in [-0.2, 0) is 10.8 Å². The first-order valence-electron chi connectivity index (χ1n) is 37.9. The van der Waals surface area contributed by atoms with Crippen molar-refractivity contribution >= 4 is 0 Å². The predicted molar refractivity (Wildman–Crippen MR) is 432 cm³/mol. The molecule has 0 radical (unpaired) electrons. The third kappa shape index (κ3) is 30.1. The van der Waals surface area contributed by atoms with Gasteiger partial charge in [-0.1, -0.05) is 399 Å². The van der Waals surface area contributed by atoms with E-state index >= 15 is 0 Å². The van der Waals surface area contributed by atoms with Crippen LogP contribution in [0.1, 0.15) is 277 Å². The second-order valence-electron chi connectivity index (χ2n) is 22.9. The summed E-state index contributed by atoms with van der Waals surface area (Å²) in [6, 6.07) is 77.6. The van der Waals surface area contributed by atoms with E-state index in [-0.39, 0.29) is 18.3 Å². The molecule has 14 rings (SSSR count). The largest absolute Gasteiger partial charge is 0.508 e. The first-order chi connectivity index (χ1) is 46.8. The van der Waals surface area contributed by atoms with Crippen LogP contribution in [0.15, 0.2) is 218 Å². The fourth-order valence-corrected chi connectivity index (χ4v) is 14.0. The molecule has 3 nitrogen and oxygen atoms in total. The summed E-state index contributed by atoms with van der Waals surface area (Å²) >= 11 is 0. The predicted octanol–water partition coefficient (Wildman–Crippen LogP) is 28.2. The number of aryl methyl sites for hydroxylation is 3. The van der Waals surface area contributed by atoms with Crippen LogP contribution in [0.3, 0.4) is 0 Å². The number of aliphatic hydroxyl groups excluding tert-OH is 2. The van der Waals surface area contributed by atoms with E-state index in [2.05, 4.69) is 208 Å². The highest BCUT2D eigenvalue weighted by atomic mass is 16.3. The van der Waals surface area contributed by atoms with Crippen LogP contribution >= 0.6 is 0 Å². The zero-order valence-corrected chi connectivity index (χ0v) is 64.5. The van der Waals surface area contributed by atoms with Gasteiger partial charge in [0.1, 0.15) is 5.75 Å². The van der Waals surface area contributed by atoms with Crippen LogP contribution < -0.4 is 0 Å². The Kier molecular flexibility index (Phi) is 58.3. The van der Waals surface area contributed by atoms with Gasteiger partial charge in [-0.25, -0.2) is 0 Å². The summed E-state index contributed by atoms with van der Waals surface area (Å²) < 4.78 is 0. The van der Waals surface area contributed by atoms with E-state index in [0.717, 1.165) is 14.2 Å². The Balaban J connectivity index is -0.00000111. The molecule has 0 saturated heterocycles. The van der Waals surface area contributed by atoms with E-state index in [0.29, 0.717) is 5.75 Å². The lowest BCUT2D eigenvalue weighted by Gasteiger charge is -2.49. The molecule has 3 heteroatoms. The molecule has 0 aliphatic heterocycles. The number of aromatic hydroxyl groups is 1. The van der Waals surface area contributed by atoms with Crippen molar-refractivity contribution in [1.29, 1.82) is 0 Å². The molecule has 5 fully saturated rings. The SMILES string of the molecule is C.C1C2CC3CC1CC(C2)C3.CC.CC.CC.CC.CC.CC.CC.CC.CO.CO.Cc1ccc(C)cc1.Cc1ccc(O)cc1.c1ccc(C2(c3ccccc3)CCCCCCCCCCC2)cc1.c1ccc(C2(c3ccccc3)c3ccccc3-c3ccccc32)cc1. The number of aliphatic hydroxyl groups is 2. The molecule has 0 unspecified atom stereocenters. The number of hydrogen-bond acceptors (Lipinski definition) is 3. The van der Waals surface area contributed by atoms with Crippen molar-refractivity contribution in [3.8, 4) is 16.9 Å². The molecular formula is C93H144O3. The van der Waals surface area contributed by atoms with Gasteiger partial charge in [-0.3, -0.25) is 0 Å². The van der Waals surface area contributed by atoms with Gasteiger partial charge in [0.15, 0.2) is 0 Å². The normalized spacial score (nSPS) is 16.7. The molecule has 0 spiro atoms. The molecule has 5 saturated carbocycles. The standard InChI is InChI=1S/C25H18.C24H32.C10H16.C8H10.C7H8O.8C2H6.2CH4O.CH4/c1-3-11-19(12-4-1)25(20-13-5-2-6-14-20)23-17-9-7-15-21(23)22-16-8-10-18-24(22)25;1-2-4-6-14-20-24(21-15-7-5-3-1,22-16-10-8-11-17-22)23-18-12-9-13-19-23;1-7-2-9-4-8(1)5-10(3-7)6-9;1-7-3-5-8(2)6-4-7;1-6-2-4-7(8)5-3-6;10*1-2;/h1-18H;8-13,16-19H,1-7,14-15,20-21H2;7-10H,1-6H2;3-6H,1-2H3;2-5,8H,1H3;8*1-2H3;2*2H,1H3;1H4. The lowest BCUT2D eigenvalue weighted by atomic mass is 9.56. The van der Waals surface area contributed by atoms with Gasteiger partial charge in [0.2, 0.25) is 0 Å². The van der Waals surface area contributed by atoms with Crippen molar-refractivity contribution in [2.24, 2.45) is 23.7 Å². The Morgan fingerprint density at radius 3 is 0.719 bits per heavy atom. The van der Waals surface area contributed by atoms with Crippen molar-refractivity contribution < 1.29 is 15.3 Å². The van der Waals surface area contributed by atoms with E-state index < -0.39 is 0 Å². The molecule has 6 aliphatic carbocycles. The minimum atomic E-state index is -0.254. The number of fused-ring (bicyclic) bond motifs is 3. The Morgan fingerprint density at radius 1 is 0.260 bits per heavy atom. The van der Waals surface area contributed by atoms with Gasteiger partial charge in [-0.05, 0) is 152 Å². The van der Waals surface area contributed by atoms with Gasteiger partial charge in [-0.2, -0.15) is 0 Å². The summed E-state index contributed by atoms with van der Waals surface area (Å²) in [7, 11) is 2.00. The minimum Gasteiger partial charge on any atom is -0.508 e. The van der Waals surface area contributed by atoms with Gasteiger partial charge in [-0.15, -0.1) is 0 Å². The van der Waals surface area contributed by atoms with Gasteiger partial charge in [0.05, 0.1) is 5.41 Å². The number of phenols is 1. The fourth-order valence-electron chi connectivity index (χ4n) is 14.0. The van der Waals surface area contributed by atoms with Crippen LogP contribution in [0.25, 0.3) is 11.1 Å². The Bertz CT molecular complexity index is 2630. The third-order valence-electron chi connectivity index (χ3n) is 17.5. The summed E-state index contributed by atoms with van der Waals surface area (Å²) in [6.07, 6.45) is 24.8. The average Bonchev–Trinajstić information content (AvgIpc) is 1.54. The molecule has 8 aromatic carbocycles. The molecular weight excluding hydrogens is 1170 g/mol. The first-order valence-corrected chi connectivity index (χ1v) is 37.9. The second-order valence-corrected chi connectivity index (χ2v) is 22.9. The van der Waals surface area contributed by atoms with Crippen LogP contribution in [0.5, 0.6) is 5.75 Å². The third-order valence-corrected chi connectivity index (χ3v) is 17.5. The second kappa shape index (κ2) is 59.7. The monoisotopic (exact) mass is 1310 g/mol. The Hall–Kier alpha value is -6.52. The van der Waals surface area contributed by atoms with Crippen LogP contribution in [0, 0.1) is 44.4 Å². The molecule has 8 aromatic rings. The number of hydrogen-bond donors (Lipinski definition) is 3. The highest BCUT2D eigenvalue weighted by Gasteiger charge is 2.46. The molecule has 3 N–H and O–H groups in total. The summed E-state index contributed by atoms with van der Waals surface area (Å²) in [5.41, 5.74) is 14.9. The highest BCUT2D eigenvalue weighted by Crippen LogP contribution is 2.56. The van der Waals surface area contributed by atoms with Gasteiger partial charge in [0, 0.05) is 19.6 Å². The molecule has 0 amide bonds. The smallest absolute Gasteiger partial charge is 0.115 e. The maximum Gasteiger partial charge on any atom is 0.115 e. The Morgan fingerprint density at radius 2 is 0.469 bits per heavy atom. The van der Waals surface area contributed by atoms with Crippen LogP contribution in [-0.4, -0.2) is 29.5 Å². The maximum atomic E-state index is 8.76. The first kappa shape index (κ1) is 93.7. The molecule has 0 heterocycles. The quantitative estimate of drug-likeness (QED) is 0.165. The highest BCUT2D eigenvalue weighted by molar-refractivity contribution is 5.86. The van der Waals surface area contributed by atoms with Crippen molar-refractivity contribution in [3.63, 3.8) is 0 Å². The fraction of sp³-hybridized carbons (Fsp3) is 0.484. The van der Waals surface area contributed by atoms with Gasteiger partial charge in [0.25, 0.3) is 0 Å². The number of rotatable bonds is 4. The van der Waals surface area contributed by atoms with E-state index in [1.54, 1.807) is 50.7 Å². The van der Waals surface area contributed by atoms with E-state index in [4.69, 9.17) is 15.3 Å². The van der Waals surface area contributed by atoms with Crippen LogP contribution in [0.2, 0.25) is 0 Å². The van der Waals surface area contributed by atoms with E-state index in [9.17, 15) is 0 Å². The zero-order chi connectivity index (χ0) is 71.7. The van der Waals surface area contributed by atoms with Crippen molar-refractivity contribution in [2.45, 2.75) is 259 Å². The summed E-state index contributed by atoms with van der Waals surface area (Å²) in [6.45, 7) is 38.2. The number of benzene rings is 8. The van der Waals surface area contributed by atoms with Crippen molar-refractivity contribution in [2.75, 3.05) is 14.2 Å². The van der Waals surface area contributed by atoms with Gasteiger partial charge < -0.3 is 15.3 Å². The molecule has 4 bridgehead atoms. The molecule has 0 atom stereocenters. The molecule has 0 aromatic heterocycles. The molecule has 534 valence electrons. The van der Waals surface area contributed by atoms with E-state index in [1.807, 2.05) is 130 Å². The Labute approximate surface area is 594 Å². The maximum absolute atomic E-state index is 8.76. The average molecular weight is 1310 g/mol. The zero-order valence-electron chi connectivity index (χ0n) is 64.5. The number of phenolic OH excluding ortho intramolecular Hbond substituents is 1. The van der Waals surface area contributed by atoms with Gasteiger partial charge >= 0.3 is 0 Å². The molecule has 6 aliphatic rings.